The van der Waals surface area contributed by atoms with E-state index in [1.807, 2.05) is 60.6 Å². The highest BCUT2D eigenvalue weighted by atomic mass is 79.9. The van der Waals surface area contributed by atoms with Crippen LogP contribution in [0.25, 0.3) is 0 Å². The van der Waals surface area contributed by atoms with Crippen LogP contribution >= 0.6 is 15.9 Å². The van der Waals surface area contributed by atoms with E-state index in [0.717, 1.165) is 21.3 Å². The molecule has 0 radical (unpaired) electrons. The van der Waals surface area contributed by atoms with Gasteiger partial charge in [-0.2, -0.15) is 0 Å². The van der Waals surface area contributed by atoms with Crippen molar-refractivity contribution in [2.75, 3.05) is 19.0 Å². The number of ether oxygens (including phenoxy) is 1. The molecule has 30 heavy (non-hydrogen) atoms. The summed E-state index contributed by atoms with van der Waals surface area (Å²) in [5.74, 6) is 0.465. The molecule has 2 aliphatic heterocycles. The lowest BCUT2D eigenvalue weighted by Gasteiger charge is -2.31. The summed E-state index contributed by atoms with van der Waals surface area (Å²) < 4.78 is 6.19. The summed E-state index contributed by atoms with van der Waals surface area (Å²) in [6.45, 7) is 1.93. The number of nitrogens with one attached hydrogen (secondary N) is 2. The van der Waals surface area contributed by atoms with Crippen molar-refractivity contribution in [1.82, 2.24) is 15.3 Å². The van der Waals surface area contributed by atoms with Crippen molar-refractivity contribution >= 4 is 33.4 Å². The molecule has 7 nitrogen and oxygen atoms in total. The number of fused-ring (bicyclic) bond motifs is 1. The molecule has 2 heterocycles. The number of anilines is 1. The minimum atomic E-state index is -0.343. The van der Waals surface area contributed by atoms with Gasteiger partial charge in [0.2, 0.25) is 5.91 Å². The van der Waals surface area contributed by atoms with Crippen molar-refractivity contribution in [3.05, 3.63) is 70.5 Å². The average molecular weight is 471 g/mol. The minimum Gasteiger partial charge on any atom is -0.497 e. The number of methoxy groups -OCH3 is 1. The Bertz CT molecular complexity index is 992. The summed E-state index contributed by atoms with van der Waals surface area (Å²) in [5, 5.41) is 4.68. The molecule has 2 amide bonds. The van der Waals surface area contributed by atoms with E-state index in [4.69, 9.17) is 4.74 Å². The van der Waals surface area contributed by atoms with Crippen LogP contribution in [-0.4, -0.2) is 41.4 Å². The van der Waals surface area contributed by atoms with Gasteiger partial charge in [0.05, 0.1) is 13.2 Å². The molecule has 2 aromatic rings. The van der Waals surface area contributed by atoms with Gasteiger partial charge in [-0.15, -0.1) is 0 Å². The zero-order chi connectivity index (χ0) is 21.3. The number of aryl methyl sites for hydroxylation is 1. The van der Waals surface area contributed by atoms with Crippen LogP contribution < -0.4 is 15.5 Å². The monoisotopic (exact) mass is 470 g/mol. The van der Waals surface area contributed by atoms with Gasteiger partial charge in [0.25, 0.3) is 5.91 Å². The quantitative estimate of drug-likeness (QED) is 0.700. The van der Waals surface area contributed by atoms with Crippen LogP contribution in [0.2, 0.25) is 0 Å². The van der Waals surface area contributed by atoms with Gasteiger partial charge in [-0.05, 0) is 54.8 Å². The van der Waals surface area contributed by atoms with Gasteiger partial charge in [0.1, 0.15) is 18.3 Å². The van der Waals surface area contributed by atoms with E-state index in [9.17, 15) is 9.59 Å². The van der Waals surface area contributed by atoms with Gasteiger partial charge in [-0.25, -0.2) is 5.43 Å². The van der Waals surface area contributed by atoms with Crippen LogP contribution in [0.15, 0.2) is 59.3 Å². The highest BCUT2D eigenvalue weighted by molar-refractivity contribution is 9.10. The predicted molar refractivity (Wildman–Crippen MR) is 117 cm³/mol. The smallest absolute Gasteiger partial charge is 0.251 e. The number of carbonyl (C=O) groups is 2. The maximum Gasteiger partial charge on any atom is 0.251 e. The maximum atomic E-state index is 13.0. The van der Waals surface area contributed by atoms with Crippen LogP contribution in [0, 0.1) is 6.92 Å². The van der Waals surface area contributed by atoms with Crippen molar-refractivity contribution in [1.29, 1.82) is 0 Å². The molecule has 1 saturated heterocycles. The van der Waals surface area contributed by atoms with Crippen molar-refractivity contribution in [2.45, 2.75) is 25.4 Å². The second-order valence-electron chi connectivity index (χ2n) is 7.39. The summed E-state index contributed by atoms with van der Waals surface area (Å²) in [6.07, 6.45) is 4.08. The molecule has 0 saturated carbocycles. The van der Waals surface area contributed by atoms with Gasteiger partial charge >= 0.3 is 0 Å². The largest absolute Gasteiger partial charge is 0.497 e. The summed E-state index contributed by atoms with van der Waals surface area (Å²) >= 11 is 3.45. The zero-order valence-corrected chi connectivity index (χ0v) is 18.3. The molecule has 2 aliphatic rings. The molecule has 0 aliphatic carbocycles. The molecule has 0 aromatic heterocycles. The average Bonchev–Trinajstić information content (AvgIpc) is 3.18. The molecule has 4 rings (SSSR count). The molecule has 1 fully saturated rings. The fourth-order valence-electron chi connectivity index (χ4n) is 3.70. The number of halogens is 1. The first kappa shape index (κ1) is 20.4. The first-order valence-corrected chi connectivity index (χ1v) is 10.5. The molecule has 0 bridgehead atoms. The van der Waals surface area contributed by atoms with Crippen LogP contribution in [0.3, 0.4) is 0 Å². The Morgan fingerprint density at radius 2 is 2.00 bits per heavy atom. The van der Waals surface area contributed by atoms with Crippen molar-refractivity contribution in [3.8, 4) is 5.75 Å². The number of rotatable bonds is 5. The highest BCUT2D eigenvalue weighted by Crippen LogP contribution is 2.31. The van der Waals surface area contributed by atoms with Crippen LogP contribution in [-0.2, 0) is 9.59 Å². The molecule has 2 N–H and O–H groups in total. The molecule has 0 spiro atoms. The normalized spacial score (nSPS) is 20.3. The SMILES string of the molecule is COc1ccc(C2CC3C(=O)N(CC(=O)Nc4ccc(Br)c(C)c4)C=CN3N2)cc1. The number of nitrogens with zero attached hydrogens (tertiary/aromatic N) is 2. The van der Waals surface area contributed by atoms with Gasteiger partial charge in [0.15, 0.2) is 0 Å². The first-order chi connectivity index (χ1) is 14.4. The molecule has 2 unspecified atom stereocenters. The Balaban J connectivity index is 1.38. The molecule has 156 valence electrons. The summed E-state index contributed by atoms with van der Waals surface area (Å²) in [6, 6.07) is 13.1. The Kier molecular flexibility index (Phi) is 5.78. The van der Waals surface area contributed by atoms with Gasteiger partial charge in [0, 0.05) is 22.6 Å². The van der Waals surface area contributed by atoms with E-state index < -0.39 is 0 Å². The molecular formula is C22H23BrN4O3. The Morgan fingerprint density at radius 3 is 2.70 bits per heavy atom. The number of benzene rings is 2. The second kappa shape index (κ2) is 8.49. The Labute approximate surface area is 183 Å². The van der Waals surface area contributed by atoms with E-state index >= 15 is 0 Å². The van der Waals surface area contributed by atoms with E-state index in [1.54, 1.807) is 13.3 Å². The van der Waals surface area contributed by atoms with Crippen LogP contribution in [0.5, 0.6) is 5.75 Å². The molecule has 8 heteroatoms. The third kappa shape index (κ3) is 4.20. The Hall–Kier alpha value is -2.84. The standard InChI is InChI=1S/C22H23BrN4O3/c1-14-11-16(5-8-18(14)23)24-21(28)13-26-9-10-27-20(22(26)29)12-19(25-27)15-3-6-17(30-2)7-4-15/h3-11,19-20,25H,12-13H2,1-2H3,(H,24,28). The summed E-state index contributed by atoms with van der Waals surface area (Å²) in [4.78, 5) is 26.9. The third-order valence-corrected chi connectivity index (χ3v) is 6.24. The molecule has 2 aromatic carbocycles. The molecule has 2 atom stereocenters. The first-order valence-electron chi connectivity index (χ1n) is 9.68. The lowest BCUT2D eigenvalue weighted by Crippen LogP contribution is -2.49. The maximum absolute atomic E-state index is 13.0. The third-order valence-electron chi connectivity index (χ3n) is 5.35. The number of hydrogen-bond acceptors (Lipinski definition) is 5. The highest BCUT2D eigenvalue weighted by Gasteiger charge is 2.40. The minimum absolute atomic E-state index is 0.0222. The predicted octanol–water partition coefficient (Wildman–Crippen LogP) is 3.34. The van der Waals surface area contributed by atoms with E-state index in [0.29, 0.717) is 12.1 Å². The van der Waals surface area contributed by atoms with Crippen molar-refractivity contribution in [2.24, 2.45) is 0 Å². The van der Waals surface area contributed by atoms with E-state index in [2.05, 4.69) is 26.7 Å². The van der Waals surface area contributed by atoms with E-state index in [-0.39, 0.29) is 30.4 Å². The number of hydrogen-bond donors (Lipinski definition) is 2. The number of carbonyl (C=O) groups excluding carboxylic acids is 2. The number of amides is 2. The van der Waals surface area contributed by atoms with Crippen molar-refractivity contribution < 1.29 is 14.3 Å². The number of hydrazine groups is 1. The lowest BCUT2D eigenvalue weighted by atomic mass is 10.0. The van der Waals surface area contributed by atoms with Gasteiger partial charge in [-0.3, -0.25) is 9.59 Å². The van der Waals surface area contributed by atoms with Crippen LogP contribution in [0.4, 0.5) is 5.69 Å². The summed E-state index contributed by atoms with van der Waals surface area (Å²) in [5.41, 5.74) is 6.17. The van der Waals surface area contributed by atoms with Crippen molar-refractivity contribution in [3.63, 3.8) is 0 Å². The second-order valence-corrected chi connectivity index (χ2v) is 8.24. The summed E-state index contributed by atoms with van der Waals surface area (Å²) in [7, 11) is 1.63. The zero-order valence-electron chi connectivity index (χ0n) is 16.8. The van der Waals surface area contributed by atoms with E-state index in [1.165, 1.54) is 4.90 Å². The fraction of sp³-hybridized carbons (Fsp3) is 0.273. The lowest BCUT2D eigenvalue weighted by molar-refractivity contribution is -0.137. The van der Waals surface area contributed by atoms with Crippen LogP contribution in [0.1, 0.15) is 23.6 Å². The Morgan fingerprint density at radius 1 is 1.23 bits per heavy atom. The molecular weight excluding hydrogens is 448 g/mol. The topological polar surface area (TPSA) is 73.9 Å². The van der Waals surface area contributed by atoms with Gasteiger partial charge < -0.3 is 20.0 Å². The fourth-order valence-corrected chi connectivity index (χ4v) is 3.95. The van der Waals surface area contributed by atoms with Gasteiger partial charge in [-0.1, -0.05) is 28.1 Å².